The summed E-state index contributed by atoms with van der Waals surface area (Å²) in [7, 11) is 1.42. The molecule has 1 rings (SSSR count). The Morgan fingerprint density at radius 1 is 1.54 bits per heavy atom. The van der Waals surface area contributed by atoms with Gasteiger partial charge in [-0.2, -0.15) is 0 Å². The van der Waals surface area contributed by atoms with E-state index in [4.69, 9.17) is 4.74 Å². The number of hydrogen-bond acceptors (Lipinski definition) is 3. The van der Waals surface area contributed by atoms with Crippen LogP contribution in [0.3, 0.4) is 0 Å². The molecule has 1 heterocycles. The number of hydrogen-bond donors (Lipinski definition) is 0. The predicted octanol–water partition coefficient (Wildman–Crippen LogP) is 2.97. The number of ether oxygens (including phenoxy) is 1. The zero-order valence-corrected chi connectivity index (χ0v) is 9.20. The van der Waals surface area contributed by atoms with Crippen molar-refractivity contribution in [2.24, 2.45) is 0 Å². The smallest absolute Gasteiger partial charge is 0.338 e. The van der Waals surface area contributed by atoms with Crippen molar-refractivity contribution in [3.05, 3.63) is 21.4 Å². The highest BCUT2D eigenvalue weighted by molar-refractivity contribution is 7.10. The Hall–Kier alpha value is -0.830. The van der Waals surface area contributed by atoms with Gasteiger partial charge in [-0.1, -0.05) is 13.8 Å². The van der Waals surface area contributed by atoms with E-state index in [0.29, 0.717) is 5.92 Å². The van der Waals surface area contributed by atoms with Crippen molar-refractivity contribution in [3.8, 4) is 0 Å². The van der Waals surface area contributed by atoms with Gasteiger partial charge in [0.05, 0.1) is 12.7 Å². The first-order chi connectivity index (χ1) is 6.07. The van der Waals surface area contributed by atoms with Gasteiger partial charge in [-0.3, -0.25) is 0 Å². The number of methoxy groups -OCH3 is 1. The number of carbonyl (C=O) groups is 1. The molecule has 3 heteroatoms. The summed E-state index contributed by atoms with van der Waals surface area (Å²) < 4.78 is 4.71. The van der Waals surface area contributed by atoms with Crippen LogP contribution in [0.15, 0.2) is 5.38 Å². The van der Waals surface area contributed by atoms with Gasteiger partial charge in [-0.05, 0) is 18.4 Å². The van der Waals surface area contributed by atoms with Crippen LogP contribution in [0.5, 0.6) is 0 Å². The third-order valence-electron chi connectivity index (χ3n) is 2.01. The van der Waals surface area contributed by atoms with Crippen molar-refractivity contribution in [1.82, 2.24) is 0 Å². The Morgan fingerprint density at radius 3 is 2.62 bits per heavy atom. The first-order valence-corrected chi connectivity index (χ1v) is 5.12. The molecule has 0 aliphatic rings. The fourth-order valence-corrected chi connectivity index (χ4v) is 2.44. The largest absolute Gasteiger partial charge is 0.465 e. The SMILES string of the molecule is COC(=O)c1csc(C)c1C(C)C. The molecule has 0 aliphatic heterocycles. The van der Waals surface area contributed by atoms with Crippen LogP contribution in [0.2, 0.25) is 0 Å². The fourth-order valence-electron chi connectivity index (χ4n) is 1.45. The second-order valence-electron chi connectivity index (χ2n) is 3.27. The standard InChI is InChI=1S/C10H14O2S/c1-6(2)9-7(3)13-5-8(9)10(11)12-4/h5-6H,1-4H3. The maximum atomic E-state index is 11.3. The first-order valence-electron chi connectivity index (χ1n) is 4.24. The molecule has 1 aromatic rings. The lowest BCUT2D eigenvalue weighted by atomic mass is 10.00. The van der Waals surface area contributed by atoms with Gasteiger partial charge in [0.25, 0.3) is 0 Å². The van der Waals surface area contributed by atoms with E-state index < -0.39 is 0 Å². The molecule has 2 nitrogen and oxygen atoms in total. The molecule has 0 fully saturated rings. The van der Waals surface area contributed by atoms with Crippen LogP contribution < -0.4 is 0 Å². The summed E-state index contributed by atoms with van der Waals surface area (Å²) in [6, 6.07) is 0. The molecular formula is C10H14O2S. The minimum atomic E-state index is -0.229. The highest BCUT2D eigenvalue weighted by Crippen LogP contribution is 2.29. The fraction of sp³-hybridized carbons (Fsp3) is 0.500. The van der Waals surface area contributed by atoms with E-state index in [-0.39, 0.29) is 5.97 Å². The molecule has 0 saturated carbocycles. The highest BCUT2D eigenvalue weighted by Gasteiger charge is 2.17. The molecule has 0 amide bonds. The van der Waals surface area contributed by atoms with Gasteiger partial charge in [0.2, 0.25) is 0 Å². The van der Waals surface area contributed by atoms with Crippen LogP contribution >= 0.6 is 11.3 Å². The molecule has 0 aromatic carbocycles. The van der Waals surface area contributed by atoms with Crippen LogP contribution in [0.1, 0.15) is 40.6 Å². The van der Waals surface area contributed by atoms with Crippen molar-refractivity contribution < 1.29 is 9.53 Å². The lowest BCUT2D eigenvalue weighted by Gasteiger charge is -2.07. The summed E-state index contributed by atoms with van der Waals surface area (Å²) in [6.07, 6.45) is 0. The minimum absolute atomic E-state index is 0.229. The van der Waals surface area contributed by atoms with E-state index >= 15 is 0 Å². The summed E-state index contributed by atoms with van der Waals surface area (Å²) in [6.45, 7) is 6.20. The van der Waals surface area contributed by atoms with Gasteiger partial charge < -0.3 is 4.74 Å². The Kier molecular flexibility index (Phi) is 3.09. The molecule has 0 bridgehead atoms. The van der Waals surface area contributed by atoms with Gasteiger partial charge in [0.15, 0.2) is 0 Å². The topological polar surface area (TPSA) is 26.3 Å². The normalized spacial score (nSPS) is 10.5. The van der Waals surface area contributed by atoms with Crippen molar-refractivity contribution >= 4 is 17.3 Å². The number of esters is 1. The van der Waals surface area contributed by atoms with Crippen LogP contribution in [0, 0.1) is 6.92 Å². The molecule has 0 saturated heterocycles. The highest BCUT2D eigenvalue weighted by atomic mass is 32.1. The monoisotopic (exact) mass is 198 g/mol. The van der Waals surface area contributed by atoms with E-state index in [1.807, 2.05) is 12.3 Å². The van der Waals surface area contributed by atoms with Crippen molar-refractivity contribution in [2.75, 3.05) is 7.11 Å². The summed E-state index contributed by atoms with van der Waals surface area (Å²) in [4.78, 5) is 12.5. The number of carbonyl (C=O) groups excluding carboxylic acids is 1. The second-order valence-corrected chi connectivity index (χ2v) is 4.35. The van der Waals surface area contributed by atoms with Gasteiger partial charge in [0, 0.05) is 10.3 Å². The summed E-state index contributed by atoms with van der Waals surface area (Å²) in [5, 5.41) is 1.87. The molecule has 0 N–H and O–H groups in total. The van der Waals surface area contributed by atoms with E-state index in [2.05, 4.69) is 13.8 Å². The van der Waals surface area contributed by atoms with Crippen molar-refractivity contribution in [1.29, 1.82) is 0 Å². The summed E-state index contributed by atoms with van der Waals surface area (Å²) >= 11 is 1.60. The predicted molar refractivity (Wildman–Crippen MR) is 54.5 cm³/mol. The maximum Gasteiger partial charge on any atom is 0.338 e. The maximum absolute atomic E-state index is 11.3. The van der Waals surface area contributed by atoms with Gasteiger partial charge >= 0.3 is 5.97 Å². The molecule has 0 unspecified atom stereocenters. The van der Waals surface area contributed by atoms with Crippen LogP contribution in [0.25, 0.3) is 0 Å². The Balaban J connectivity index is 3.15. The van der Waals surface area contributed by atoms with Crippen LogP contribution in [-0.2, 0) is 4.74 Å². The van der Waals surface area contributed by atoms with Gasteiger partial charge in [-0.15, -0.1) is 11.3 Å². The lowest BCUT2D eigenvalue weighted by Crippen LogP contribution is -2.04. The minimum Gasteiger partial charge on any atom is -0.465 e. The van der Waals surface area contributed by atoms with Crippen LogP contribution in [-0.4, -0.2) is 13.1 Å². The molecular weight excluding hydrogens is 184 g/mol. The van der Waals surface area contributed by atoms with Crippen molar-refractivity contribution in [2.45, 2.75) is 26.7 Å². The van der Waals surface area contributed by atoms with E-state index in [9.17, 15) is 4.79 Å². The Bertz CT molecular complexity index is 313. The second kappa shape index (κ2) is 3.92. The number of thiophene rings is 1. The Morgan fingerprint density at radius 2 is 2.15 bits per heavy atom. The zero-order chi connectivity index (χ0) is 10.0. The first kappa shape index (κ1) is 10.3. The molecule has 0 aliphatic carbocycles. The van der Waals surface area contributed by atoms with Crippen LogP contribution in [0.4, 0.5) is 0 Å². The lowest BCUT2D eigenvalue weighted by molar-refractivity contribution is 0.0599. The average molecular weight is 198 g/mol. The number of rotatable bonds is 2. The quantitative estimate of drug-likeness (QED) is 0.683. The molecule has 0 spiro atoms. The molecule has 0 atom stereocenters. The van der Waals surface area contributed by atoms with E-state index in [0.717, 1.165) is 11.1 Å². The third kappa shape index (κ3) is 1.91. The van der Waals surface area contributed by atoms with Gasteiger partial charge in [-0.25, -0.2) is 4.79 Å². The van der Waals surface area contributed by atoms with Gasteiger partial charge in [0.1, 0.15) is 0 Å². The molecule has 72 valence electrons. The summed E-state index contributed by atoms with van der Waals surface area (Å²) in [5.41, 5.74) is 1.84. The summed E-state index contributed by atoms with van der Waals surface area (Å²) in [5.74, 6) is 0.147. The third-order valence-corrected chi connectivity index (χ3v) is 2.93. The molecule has 13 heavy (non-hydrogen) atoms. The number of aryl methyl sites for hydroxylation is 1. The molecule has 0 radical (unpaired) electrons. The average Bonchev–Trinajstić information content (AvgIpc) is 2.45. The van der Waals surface area contributed by atoms with Crippen molar-refractivity contribution in [3.63, 3.8) is 0 Å². The van der Waals surface area contributed by atoms with E-state index in [1.165, 1.54) is 12.0 Å². The van der Waals surface area contributed by atoms with E-state index in [1.54, 1.807) is 11.3 Å². The molecule has 1 aromatic heterocycles. The Labute approximate surface area is 82.5 Å². The zero-order valence-electron chi connectivity index (χ0n) is 8.38.